The van der Waals surface area contributed by atoms with E-state index in [9.17, 15) is 9.59 Å². The fourth-order valence-electron chi connectivity index (χ4n) is 4.28. The zero-order valence-electron chi connectivity index (χ0n) is 22.7. The van der Waals surface area contributed by atoms with Gasteiger partial charge in [-0.25, -0.2) is 9.79 Å². The van der Waals surface area contributed by atoms with Gasteiger partial charge in [0.15, 0.2) is 16.3 Å². The predicted molar refractivity (Wildman–Crippen MR) is 151 cm³/mol. The van der Waals surface area contributed by atoms with Crippen molar-refractivity contribution in [2.75, 3.05) is 20.3 Å². The summed E-state index contributed by atoms with van der Waals surface area (Å²) in [6.45, 7) is 11.6. The number of rotatable bonds is 10. The molecule has 4 rings (SSSR count). The minimum atomic E-state index is -0.751. The van der Waals surface area contributed by atoms with E-state index in [-0.39, 0.29) is 18.3 Å². The van der Waals surface area contributed by atoms with Crippen LogP contribution in [-0.4, -0.2) is 37.0 Å². The third kappa shape index (κ3) is 5.98. The minimum Gasteiger partial charge on any atom is -0.493 e. The second-order valence-electron chi connectivity index (χ2n) is 9.05. The predicted octanol–water partition coefficient (Wildman–Crippen LogP) is 4.16. The molecular weight excluding hydrogens is 516 g/mol. The average molecular weight is 549 g/mol. The summed E-state index contributed by atoms with van der Waals surface area (Å²) in [5.74, 6) is 1.26. The number of carbonyl (C=O) groups excluding carboxylic acids is 1. The highest BCUT2D eigenvalue weighted by molar-refractivity contribution is 7.07. The first-order valence-corrected chi connectivity index (χ1v) is 13.5. The fraction of sp³-hybridized carbons (Fsp3) is 0.300. The molecular formula is C30H32N2O6S. The number of nitrogens with zero attached hydrogens (tertiary/aromatic N) is 2. The third-order valence-electron chi connectivity index (χ3n) is 5.93. The molecule has 39 heavy (non-hydrogen) atoms. The van der Waals surface area contributed by atoms with Gasteiger partial charge < -0.3 is 18.9 Å². The van der Waals surface area contributed by atoms with Gasteiger partial charge in [0.1, 0.15) is 12.4 Å². The van der Waals surface area contributed by atoms with Gasteiger partial charge in [-0.1, -0.05) is 42.2 Å². The number of methoxy groups -OCH3 is 1. The molecule has 8 nitrogen and oxygen atoms in total. The Morgan fingerprint density at radius 2 is 1.92 bits per heavy atom. The summed E-state index contributed by atoms with van der Waals surface area (Å²) < 4.78 is 24.4. The van der Waals surface area contributed by atoms with Gasteiger partial charge in [0.05, 0.1) is 41.7 Å². The van der Waals surface area contributed by atoms with E-state index in [0.29, 0.717) is 50.0 Å². The van der Waals surface area contributed by atoms with Gasteiger partial charge in [-0.3, -0.25) is 9.36 Å². The molecule has 2 heterocycles. The summed E-state index contributed by atoms with van der Waals surface area (Å²) in [7, 11) is 1.55. The lowest BCUT2D eigenvalue weighted by Crippen LogP contribution is -2.40. The van der Waals surface area contributed by atoms with Crippen LogP contribution in [0, 0.1) is 0 Å². The number of ether oxygens (including phenoxy) is 4. The molecule has 0 aliphatic carbocycles. The third-order valence-corrected chi connectivity index (χ3v) is 6.91. The first-order chi connectivity index (χ1) is 18.8. The minimum absolute atomic E-state index is 0.0535. The molecule has 9 heteroatoms. The van der Waals surface area contributed by atoms with Gasteiger partial charge in [0.2, 0.25) is 0 Å². The van der Waals surface area contributed by atoms with Crippen LogP contribution >= 0.6 is 11.3 Å². The van der Waals surface area contributed by atoms with E-state index in [1.807, 2.05) is 50.3 Å². The smallest absolute Gasteiger partial charge is 0.338 e. The van der Waals surface area contributed by atoms with Crippen molar-refractivity contribution in [2.24, 2.45) is 4.99 Å². The van der Waals surface area contributed by atoms with Crippen molar-refractivity contribution < 1.29 is 23.7 Å². The van der Waals surface area contributed by atoms with Crippen molar-refractivity contribution in [1.82, 2.24) is 4.57 Å². The van der Waals surface area contributed by atoms with Crippen molar-refractivity contribution in [3.63, 3.8) is 0 Å². The number of esters is 1. The van der Waals surface area contributed by atoms with E-state index in [1.165, 1.54) is 11.3 Å². The molecule has 0 saturated carbocycles. The molecule has 3 aromatic rings. The lowest BCUT2D eigenvalue weighted by atomic mass is 9.95. The van der Waals surface area contributed by atoms with Crippen molar-refractivity contribution in [3.05, 3.63) is 97.2 Å². The van der Waals surface area contributed by atoms with E-state index in [1.54, 1.807) is 43.7 Å². The van der Waals surface area contributed by atoms with Crippen molar-refractivity contribution in [2.45, 2.75) is 39.8 Å². The average Bonchev–Trinajstić information content (AvgIpc) is 3.21. The Hall–Kier alpha value is -4.11. The Morgan fingerprint density at radius 1 is 1.18 bits per heavy atom. The first kappa shape index (κ1) is 27.9. The summed E-state index contributed by atoms with van der Waals surface area (Å²) in [4.78, 5) is 32.1. The number of hydrogen-bond acceptors (Lipinski definition) is 8. The molecule has 1 atom stereocenters. The van der Waals surface area contributed by atoms with Gasteiger partial charge in [-0.05, 0) is 69.2 Å². The summed E-state index contributed by atoms with van der Waals surface area (Å²) >= 11 is 1.27. The van der Waals surface area contributed by atoms with Crippen LogP contribution in [0.1, 0.15) is 44.9 Å². The molecule has 0 spiro atoms. The van der Waals surface area contributed by atoms with Crippen LogP contribution in [0.2, 0.25) is 0 Å². The van der Waals surface area contributed by atoms with Crippen LogP contribution in [0.5, 0.6) is 17.2 Å². The molecule has 2 aromatic carbocycles. The molecule has 1 aromatic heterocycles. The number of hydrogen-bond donors (Lipinski definition) is 0. The van der Waals surface area contributed by atoms with E-state index >= 15 is 0 Å². The number of fused-ring (bicyclic) bond motifs is 1. The maximum atomic E-state index is 13.8. The summed E-state index contributed by atoms with van der Waals surface area (Å²) in [5, 5.41) is 0. The molecule has 1 aliphatic heterocycles. The van der Waals surface area contributed by atoms with Crippen LogP contribution in [-0.2, 0) is 9.53 Å². The molecule has 0 amide bonds. The number of benzene rings is 2. The molecule has 204 valence electrons. The van der Waals surface area contributed by atoms with E-state index in [2.05, 4.69) is 11.6 Å². The molecule has 0 N–H and O–H groups in total. The fourth-order valence-corrected chi connectivity index (χ4v) is 5.33. The molecule has 0 saturated heterocycles. The zero-order valence-corrected chi connectivity index (χ0v) is 23.5. The van der Waals surface area contributed by atoms with E-state index in [4.69, 9.17) is 18.9 Å². The van der Waals surface area contributed by atoms with Crippen molar-refractivity contribution in [3.8, 4) is 17.2 Å². The van der Waals surface area contributed by atoms with E-state index in [0.717, 1.165) is 5.56 Å². The standard InChI is InChI=1S/C30H32N2O6S/c1-7-15-37-22-12-9-20(10-13-22)16-25-28(33)32-27(21-11-14-23(38-18(3)4)24(17-21)35-6)26(29(34)36-8-2)19(5)31-30(32)39-25/h7,9-14,16-18,27H,1,8,15H2,2-6H3/b25-16-/t27-/m0/s1. The van der Waals surface area contributed by atoms with Crippen molar-refractivity contribution >= 4 is 23.4 Å². The van der Waals surface area contributed by atoms with Crippen LogP contribution in [0.3, 0.4) is 0 Å². The maximum absolute atomic E-state index is 13.8. The Labute approximate surface area is 231 Å². The SMILES string of the molecule is C=CCOc1ccc(/C=c2\sc3n(c2=O)[C@@H](c2ccc(OC(C)C)c(OC)c2)C(C(=O)OCC)=C(C)N=3)cc1. The highest BCUT2D eigenvalue weighted by Crippen LogP contribution is 2.36. The summed E-state index contributed by atoms with van der Waals surface area (Å²) in [6.07, 6.45) is 3.43. The van der Waals surface area contributed by atoms with Gasteiger partial charge >= 0.3 is 5.97 Å². The van der Waals surface area contributed by atoms with E-state index < -0.39 is 12.0 Å². The van der Waals surface area contributed by atoms with Gasteiger partial charge in [-0.2, -0.15) is 0 Å². The highest BCUT2D eigenvalue weighted by atomic mass is 32.1. The molecule has 0 bridgehead atoms. The summed E-state index contributed by atoms with van der Waals surface area (Å²) in [6, 6.07) is 12.1. The van der Waals surface area contributed by atoms with Crippen molar-refractivity contribution in [1.29, 1.82) is 0 Å². The normalized spacial score (nSPS) is 15.0. The zero-order chi connectivity index (χ0) is 28.1. The number of carbonyl (C=O) groups is 1. The monoisotopic (exact) mass is 548 g/mol. The number of thiazole rings is 1. The second kappa shape index (κ2) is 12.2. The lowest BCUT2D eigenvalue weighted by molar-refractivity contribution is -0.139. The first-order valence-electron chi connectivity index (χ1n) is 12.6. The van der Waals surface area contributed by atoms with Crippen LogP contribution in [0.25, 0.3) is 6.08 Å². The Morgan fingerprint density at radius 3 is 2.56 bits per heavy atom. The van der Waals surface area contributed by atoms with Gasteiger partial charge in [0, 0.05) is 0 Å². The Bertz CT molecular complexity index is 1580. The Kier molecular flexibility index (Phi) is 8.71. The van der Waals surface area contributed by atoms with Gasteiger partial charge in [-0.15, -0.1) is 0 Å². The van der Waals surface area contributed by atoms with Gasteiger partial charge in [0.25, 0.3) is 5.56 Å². The lowest BCUT2D eigenvalue weighted by Gasteiger charge is -2.25. The number of allylic oxidation sites excluding steroid dienone is 1. The maximum Gasteiger partial charge on any atom is 0.338 e. The molecule has 0 radical (unpaired) electrons. The molecule has 1 aliphatic rings. The second-order valence-corrected chi connectivity index (χ2v) is 10.1. The topological polar surface area (TPSA) is 88.3 Å². The Balaban J connectivity index is 1.86. The molecule has 0 unspecified atom stereocenters. The van der Waals surface area contributed by atoms with Crippen LogP contribution in [0.15, 0.2) is 76.2 Å². The summed E-state index contributed by atoms with van der Waals surface area (Å²) in [5.41, 5.74) is 2.06. The van der Waals surface area contributed by atoms with Crippen LogP contribution in [0.4, 0.5) is 0 Å². The quantitative estimate of drug-likeness (QED) is 0.279. The number of aromatic nitrogens is 1. The largest absolute Gasteiger partial charge is 0.493 e. The highest BCUT2D eigenvalue weighted by Gasteiger charge is 2.34. The van der Waals surface area contributed by atoms with Crippen LogP contribution < -0.4 is 29.1 Å². The molecule has 0 fully saturated rings.